The quantitative estimate of drug-likeness (QED) is 0.912. The van der Waals surface area contributed by atoms with Crippen molar-refractivity contribution in [2.45, 2.75) is 27.0 Å². The first-order valence-corrected chi connectivity index (χ1v) is 6.27. The summed E-state index contributed by atoms with van der Waals surface area (Å²) in [6, 6.07) is 11.0. The Morgan fingerprint density at radius 2 is 1.68 bits per heavy atom. The van der Waals surface area contributed by atoms with Crippen molar-refractivity contribution in [3.05, 3.63) is 64.5 Å². The third-order valence-corrected chi connectivity index (χ3v) is 2.91. The largest absolute Gasteiger partial charge is 0.486 e. The van der Waals surface area contributed by atoms with Gasteiger partial charge in [-0.05, 0) is 37.1 Å². The molecule has 0 aliphatic carbocycles. The van der Waals surface area contributed by atoms with Crippen molar-refractivity contribution in [1.82, 2.24) is 0 Å². The molecule has 19 heavy (non-hydrogen) atoms. The molecule has 0 saturated heterocycles. The lowest BCUT2D eigenvalue weighted by molar-refractivity contribution is 0.290. The molecule has 2 aromatic carbocycles. The number of nitrogens with two attached hydrogens (primary N) is 1. The second-order valence-corrected chi connectivity index (χ2v) is 4.75. The van der Waals surface area contributed by atoms with Gasteiger partial charge in [0.25, 0.3) is 0 Å². The first-order chi connectivity index (χ1) is 9.08. The van der Waals surface area contributed by atoms with Crippen molar-refractivity contribution in [2.24, 2.45) is 5.73 Å². The third kappa shape index (κ3) is 3.55. The van der Waals surface area contributed by atoms with Gasteiger partial charge >= 0.3 is 0 Å². The van der Waals surface area contributed by atoms with E-state index in [9.17, 15) is 4.39 Å². The Balaban J connectivity index is 2.10. The molecule has 0 aliphatic heterocycles. The summed E-state index contributed by atoms with van der Waals surface area (Å²) in [6.07, 6.45) is 0. The van der Waals surface area contributed by atoms with Crippen LogP contribution in [0.4, 0.5) is 4.39 Å². The molecule has 0 amide bonds. The predicted octanol–water partition coefficient (Wildman–Crippen LogP) is 3.48. The van der Waals surface area contributed by atoms with Crippen molar-refractivity contribution in [1.29, 1.82) is 0 Å². The fourth-order valence-electron chi connectivity index (χ4n) is 2.10. The number of aryl methyl sites for hydroxylation is 2. The normalized spacial score (nSPS) is 10.5. The van der Waals surface area contributed by atoms with Crippen LogP contribution < -0.4 is 10.5 Å². The third-order valence-electron chi connectivity index (χ3n) is 2.91. The number of rotatable bonds is 4. The van der Waals surface area contributed by atoms with Crippen LogP contribution in [0.15, 0.2) is 36.4 Å². The van der Waals surface area contributed by atoms with Gasteiger partial charge in [-0.15, -0.1) is 0 Å². The lowest BCUT2D eigenvalue weighted by atomic mass is 10.1. The van der Waals surface area contributed by atoms with Crippen molar-refractivity contribution < 1.29 is 9.13 Å². The molecule has 100 valence electrons. The zero-order chi connectivity index (χ0) is 13.8. The lowest BCUT2D eigenvalue weighted by Gasteiger charge is -2.09. The van der Waals surface area contributed by atoms with E-state index in [0.29, 0.717) is 13.2 Å². The Kier molecular flexibility index (Phi) is 4.17. The average Bonchev–Trinajstić information content (AvgIpc) is 2.36. The van der Waals surface area contributed by atoms with Gasteiger partial charge in [-0.25, -0.2) is 4.39 Å². The highest BCUT2D eigenvalue weighted by molar-refractivity contribution is 5.31. The van der Waals surface area contributed by atoms with Crippen LogP contribution >= 0.6 is 0 Å². The summed E-state index contributed by atoms with van der Waals surface area (Å²) < 4.78 is 19.2. The first kappa shape index (κ1) is 13.6. The van der Waals surface area contributed by atoms with E-state index in [1.807, 2.05) is 26.0 Å². The van der Waals surface area contributed by atoms with Crippen molar-refractivity contribution in [3.63, 3.8) is 0 Å². The predicted molar refractivity (Wildman–Crippen MR) is 74.5 cm³/mol. The van der Waals surface area contributed by atoms with Gasteiger partial charge in [-0.1, -0.05) is 35.4 Å². The van der Waals surface area contributed by atoms with Gasteiger partial charge in [-0.3, -0.25) is 0 Å². The van der Waals surface area contributed by atoms with Crippen molar-refractivity contribution in [3.8, 4) is 5.75 Å². The summed E-state index contributed by atoms with van der Waals surface area (Å²) in [7, 11) is 0. The molecule has 0 atom stereocenters. The van der Waals surface area contributed by atoms with Gasteiger partial charge in [0.1, 0.15) is 6.61 Å². The zero-order valence-corrected chi connectivity index (χ0v) is 11.2. The van der Waals surface area contributed by atoms with Crippen LogP contribution in [0, 0.1) is 19.7 Å². The molecule has 0 unspecified atom stereocenters. The number of hydrogen-bond donors (Lipinski definition) is 1. The molecule has 0 saturated carbocycles. The maximum absolute atomic E-state index is 13.7. The SMILES string of the molecule is Cc1cc(C)cc(COc2ccc(CN)cc2F)c1. The molecule has 0 aliphatic rings. The Hall–Kier alpha value is -1.87. The van der Waals surface area contributed by atoms with Gasteiger partial charge in [0.2, 0.25) is 0 Å². The number of ether oxygens (including phenoxy) is 1. The standard InChI is InChI=1S/C16H18FNO/c1-11-5-12(2)7-14(6-11)10-19-16-4-3-13(9-18)8-15(16)17/h3-8H,9-10,18H2,1-2H3. The minimum Gasteiger partial charge on any atom is -0.486 e. The summed E-state index contributed by atoms with van der Waals surface area (Å²) in [5, 5.41) is 0. The maximum Gasteiger partial charge on any atom is 0.165 e. The lowest BCUT2D eigenvalue weighted by Crippen LogP contribution is -2.01. The van der Waals surface area contributed by atoms with Gasteiger partial charge < -0.3 is 10.5 Å². The topological polar surface area (TPSA) is 35.2 Å². The van der Waals surface area contributed by atoms with Gasteiger partial charge in [0.05, 0.1) is 0 Å². The summed E-state index contributed by atoms with van der Waals surface area (Å²) in [5.41, 5.74) is 9.62. The molecule has 0 spiro atoms. The van der Waals surface area contributed by atoms with E-state index in [1.54, 1.807) is 12.1 Å². The monoisotopic (exact) mass is 259 g/mol. The van der Waals surface area contributed by atoms with Crippen LogP contribution in [0.5, 0.6) is 5.75 Å². The van der Waals surface area contributed by atoms with Crippen LogP contribution in [0.1, 0.15) is 22.3 Å². The molecule has 0 heterocycles. The van der Waals surface area contributed by atoms with E-state index < -0.39 is 0 Å². The van der Waals surface area contributed by atoms with Gasteiger partial charge in [0, 0.05) is 6.54 Å². The summed E-state index contributed by atoms with van der Waals surface area (Å²) in [5.74, 6) is -0.108. The van der Waals surface area contributed by atoms with Crippen LogP contribution in [0.2, 0.25) is 0 Å². The van der Waals surface area contributed by atoms with Crippen LogP contribution in [-0.4, -0.2) is 0 Å². The molecule has 2 N–H and O–H groups in total. The zero-order valence-electron chi connectivity index (χ0n) is 11.2. The molecule has 2 aromatic rings. The smallest absolute Gasteiger partial charge is 0.165 e. The van der Waals surface area contributed by atoms with Crippen LogP contribution in [-0.2, 0) is 13.2 Å². The van der Waals surface area contributed by atoms with Gasteiger partial charge in [-0.2, -0.15) is 0 Å². The Morgan fingerprint density at radius 3 is 2.26 bits per heavy atom. The van der Waals surface area contributed by atoms with Crippen LogP contribution in [0.25, 0.3) is 0 Å². The van der Waals surface area contributed by atoms with E-state index in [2.05, 4.69) is 6.07 Å². The van der Waals surface area contributed by atoms with Crippen molar-refractivity contribution >= 4 is 0 Å². The van der Waals surface area contributed by atoms with E-state index in [4.69, 9.17) is 10.5 Å². The van der Waals surface area contributed by atoms with E-state index >= 15 is 0 Å². The van der Waals surface area contributed by atoms with E-state index in [0.717, 1.165) is 11.1 Å². The summed E-state index contributed by atoms with van der Waals surface area (Å²) >= 11 is 0. The summed E-state index contributed by atoms with van der Waals surface area (Å²) in [6.45, 7) is 4.76. The van der Waals surface area contributed by atoms with Crippen molar-refractivity contribution in [2.75, 3.05) is 0 Å². The fourth-order valence-corrected chi connectivity index (χ4v) is 2.10. The molecular formula is C16H18FNO. The second-order valence-electron chi connectivity index (χ2n) is 4.75. The first-order valence-electron chi connectivity index (χ1n) is 6.27. The Bertz CT molecular complexity index is 561. The molecule has 0 radical (unpaired) electrons. The fraction of sp³-hybridized carbons (Fsp3) is 0.250. The number of halogens is 1. The second kappa shape index (κ2) is 5.85. The molecule has 0 fully saturated rings. The Morgan fingerprint density at radius 1 is 1.00 bits per heavy atom. The Labute approximate surface area is 113 Å². The molecule has 0 aromatic heterocycles. The van der Waals surface area contributed by atoms with E-state index in [1.165, 1.54) is 17.2 Å². The highest BCUT2D eigenvalue weighted by Crippen LogP contribution is 2.20. The minimum atomic E-state index is -0.368. The minimum absolute atomic E-state index is 0.261. The molecule has 2 nitrogen and oxygen atoms in total. The maximum atomic E-state index is 13.7. The molecule has 0 bridgehead atoms. The van der Waals surface area contributed by atoms with Crippen LogP contribution in [0.3, 0.4) is 0 Å². The number of benzene rings is 2. The summed E-state index contributed by atoms with van der Waals surface area (Å²) in [4.78, 5) is 0. The van der Waals surface area contributed by atoms with Gasteiger partial charge in [0.15, 0.2) is 11.6 Å². The molecule has 2 rings (SSSR count). The highest BCUT2D eigenvalue weighted by Gasteiger charge is 2.05. The highest BCUT2D eigenvalue weighted by atomic mass is 19.1. The number of hydrogen-bond acceptors (Lipinski definition) is 2. The molecule has 3 heteroatoms. The average molecular weight is 259 g/mol. The molecular weight excluding hydrogens is 241 g/mol. The van der Waals surface area contributed by atoms with E-state index in [-0.39, 0.29) is 11.6 Å².